The van der Waals surface area contributed by atoms with Gasteiger partial charge in [-0.05, 0) is 6.92 Å². The van der Waals surface area contributed by atoms with Crippen molar-refractivity contribution in [3.63, 3.8) is 0 Å². The van der Waals surface area contributed by atoms with E-state index < -0.39 is 0 Å². The van der Waals surface area contributed by atoms with E-state index in [1.807, 2.05) is 0 Å². The molecule has 6 heavy (non-hydrogen) atoms. The van der Waals surface area contributed by atoms with Crippen LogP contribution in [-0.4, -0.2) is 11.8 Å². The third-order valence-corrected chi connectivity index (χ3v) is 0.973. The van der Waals surface area contributed by atoms with Crippen LogP contribution in [0, 0.1) is 4.91 Å². The average Bonchev–Trinajstić information content (AvgIpc) is 1.65. The molecule has 36 valence electrons. The van der Waals surface area contributed by atoms with Crippen molar-refractivity contribution in [3.05, 3.63) is 4.91 Å². The standard InChI is InChI=1S/C3H7NOS/c1-3(2-6)4-5/h3,6H,2H2,1H3. The minimum atomic E-state index is -0.131. The first-order valence-electron chi connectivity index (χ1n) is 1.74. The van der Waals surface area contributed by atoms with Gasteiger partial charge in [0.2, 0.25) is 0 Å². The second kappa shape index (κ2) is 3.15. The highest BCUT2D eigenvalue weighted by molar-refractivity contribution is 7.80. The molecule has 2 nitrogen and oxygen atoms in total. The summed E-state index contributed by atoms with van der Waals surface area (Å²) in [6.45, 7) is 1.72. The topological polar surface area (TPSA) is 29.4 Å². The molecule has 1 unspecified atom stereocenters. The maximum absolute atomic E-state index is 9.44. The van der Waals surface area contributed by atoms with Crippen molar-refractivity contribution in [1.82, 2.24) is 0 Å². The van der Waals surface area contributed by atoms with Gasteiger partial charge in [-0.15, -0.1) is 0 Å². The fraction of sp³-hybridized carbons (Fsp3) is 1.00. The maximum Gasteiger partial charge on any atom is 0.0979 e. The molecule has 0 aromatic heterocycles. The second-order valence-electron chi connectivity index (χ2n) is 1.14. The van der Waals surface area contributed by atoms with Gasteiger partial charge in [0.1, 0.15) is 0 Å². The average molecular weight is 105 g/mol. The van der Waals surface area contributed by atoms with E-state index in [1.54, 1.807) is 6.92 Å². The Morgan fingerprint density at radius 1 is 2.00 bits per heavy atom. The lowest BCUT2D eigenvalue weighted by Crippen LogP contribution is -1.95. The smallest absolute Gasteiger partial charge is 0.0979 e. The number of hydrogen-bond donors (Lipinski definition) is 1. The van der Waals surface area contributed by atoms with E-state index in [0.29, 0.717) is 5.75 Å². The van der Waals surface area contributed by atoms with Crippen LogP contribution in [0.1, 0.15) is 6.92 Å². The van der Waals surface area contributed by atoms with Crippen LogP contribution in [0.25, 0.3) is 0 Å². The molecule has 0 aliphatic heterocycles. The van der Waals surface area contributed by atoms with Gasteiger partial charge < -0.3 is 0 Å². The highest BCUT2D eigenvalue weighted by atomic mass is 32.1. The van der Waals surface area contributed by atoms with Crippen LogP contribution < -0.4 is 0 Å². The summed E-state index contributed by atoms with van der Waals surface area (Å²) < 4.78 is 0. The van der Waals surface area contributed by atoms with E-state index in [2.05, 4.69) is 17.8 Å². The molecule has 0 saturated carbocycles. The zero-order valence-electron chi connectivity index (χ0n) is 3.59. The number of nitrogens with zero attached hydrogens (tertiary/aromatic N) is 1. The fourth-order valence-electron chi connectivity index (χ4n) is 0.0333. The Bertz CT molecular complexity index is 48.1. The van der Waals surface area contributed by atoms with Gasteiger partial charge in [0.05, 0.1) is 6.04 Å². The van der Waals surface area contributed by atoms with Crippen LogP contribution >= 0.6 is 12.6 Å². The highest BCUT2D eigenvalue weighted by Gasteiger charge is 1.91. The van der Waals surface area contributed by atoms with Crippen molar-refractivity contribution >= 4 is 12.6 Å². The molecule has 0 radical (unpaired) electrons. The molecular formula is C3H7NOS. The molecule has 0 aromatic rings. The quantitative estimate of drug-likeness (QED) is 0.413. The fourth-order valence-corrected chi connectivity index (χ4v) is 0.100. The highest BCUT2D eigenvalue weighted by Crippen LogP contribution is 1.88. The van der Waals surface area contributed by atoms with Gasteiger partial charge in [0.15, 0.2) is 0 Å². The number of rotatable bonds is 2. The molecule has 0 saturated heterocycles. The number of thiol groups is 1. The first kappa shape index (κ1) is 5.95. The van der Waals surface area contributed by atoms with Gasteiger partial charge in [-0.2, -0.15) is 17.5 Å². The Morgan fingerprint density at radius 2 is 2.50 bits per heavy atom. The molecule has 0 aromatic carbocycles. The maximum atomic E-state index is 9.44. The number of nitroso groups, excluding NO2 is 1. The Morgan fingerprint density at radius 3 is 2.50 bits per heavy atom. The van der Waals surface area contributed by atoms with E-state index in [-0.39, 0.29) is 6.04 Å². The zero-order chi connectivity index (χ0) is 4.99. The van der Waals surface area contributed by atoms with Crippen molar-refractivity contribution in [2.24, 2.45) is 5.18 Å². The van der Waals surface area contributed by atoms with Crippen LogP contribution in [0.15, 0.2) is 5.18 Å². The molecule has 0 bridgehead atoms. The molecule has 0 aliphatic rings. The third kappa shape index (κ3) is 2.20. The van der Waals surface area contributed by atoms with Crippen molar-refractivity contribution in [3.8, 4) is 0 Å². The summed E-state index contributed by atoms with van der Waals surface area (Å²) in [5.74, 6) is 0.545. The van der Waals surface area contributed by atoms with E-state index in [4.69, 9.17) is 0 Å². The van der Waals surface area contributed by atoms with E-state index in [0.717, 1.165) is 0 Å². The Kier molecular flexibility index (Phi) is 3.13. The predicted molar refractivity (Wildman–Crippen MR) is 29.1 cm³/mol. The molecule has 1 atom stereocenters. The lowest BCUT2D eigenvalue weighted by atomic mass is 10.4. The van der Waals surface area contributed by atoms with Crippen LogP contribution in [0.3, 0.4) is 0 Å². The van der Waals surface area contributed by atoms with Gasteiger partial charge in [-0.1, -0.05) is 5.18 Å². The summed E-state index contributed by atoms with van der Waals surface area (Å²) in [6, 6.07) is -0.131. The summed E-state index contributed by atoms with van der Waals surface area (Å²) in [4.78, 5) is 9.44. The zero-order valence-corrected chi connectivity index (χ0v) is 4.48. The summed E-state index contributed by atoms with van der Waals surface area (Å²) in [7, 11) is 0. The largest absolute Gasteiger partial charge is 0.177 e. The van der Waals surface area contributed by atoms with Gasteiger partial charge in [0.25, 0.3) is 0 Å². The molecule has 0 aliphatic carbocycles. The first-order chi connectivity index (χ1) is 2.81. The molecule has 0 N–H and O–H groups in total. The molecule has 0 amide bonds. The molecular weight excluding hydrogens is 98.1 g/mol. The lowest BCUT2D eigenvalue weighted by Gasteiger charge is -1.87. The Labute approximate surface area is 42.3 Å². The molecule has 0 heterocycles. The second-order valence-corrected chi connectivity index (χ2v) is 1.50. The van der Waals surface area contributed by atoms with Crippen LogP contribution in [0.2, 0.25) is 0 Å². The van der Waals surface area contributed by atoms with Crippen molar-refractivity contribution in [2.45, 2.75) is 13.0 Å². The van der Waals surface area contributed by atoms with Crippen molar-refractivity contribution in [2.75, 3.05) is 5.75 Å². The Balaban J connectivity index is 2.96. The van der Waals surface area contributed by atoms with E-state index >= 15 is 0 Å². The van der Waals surface area contributed by atoms with Gasteiger partial charge in [-0.3, -0.25) is 0 Å². The lowest BCUT2D eigenvalue weighted by molar-refractivity contribution is 0.843. The number of hydrogen-bond acceptors (Lipinski definition) is 3. The monoisotopic (exact) mass is 105 g/mol. The summed E-state index contributed by atoms with van der Waals surface area (Å²) in [6.07, 6.45) is 0. The van der Waals surface area contributed by atoms with Crippen molar-refractivity contribution in [1.29, 1.82) is 0 Å². The van der Waals surface area contributed by atoms with Crippen molar-refractivity contribution < 1.29 is 0 Å². The summed E-state index contributed by atoms with van der Waals surface area (Å²) in [5.41, 5.74) is 0. The normalized spacial score (nSPS) is 13.7. The summed E-state index contributed by atoms with van der Waals surface area (Å²) >= 11 is 3.80. The molecule has 0 fully saturated rings. The first-order valence-corrected chi connectivity index (χ1v) is 2.38. The van der Waals surface area contributed by atoms with Crippen LogP contribution in [0.4, 0.5) is 0 Å². The minimum absolute atomic E-state index is 0.131. The predicted octanol–water partition coefficient (Wildman–Crippen LogP) is 1.07. The molecule has 3 heteroatoms. The minimum Gasteiger partial charge on any atom is -0.177 e. The Hall–Kier alpha value is -0.0500. The van der Waals surface area contributed by atoms with Crippen LogP contribution in [-0.2, 0) is 0 Å². The van der Waals surface area contributed by atoms with Gasteiger partial charge >= 0.3 is 0 Å². The summed E-state index contributed by atoms with van der Waals surface area (Å²) in [5, 5.41) is 2.68. The van der Waals surface area contributed by atoms with E-state index in [1.165, 1.54) is 0 Å². The van der Waals surface area contributed by atoms with E-state index in [9.17, 15) is 4.91 Å². The SMILES string of the molecule is CC(CS)N=O. The van der Waals surface area contributed by atoms with Gasteiger partial charge in [0, 0.05) is 5.75 Å². The third-order valence-electron chi connectivity index (χ3n) is 0.444. The molecule has 0 spiro atoms. The molecule has 0 rings (SSSR count). The van der Waals surface area contributed by atoms with Gasteiger partial charge in [-0.25, -0.2) is 0 Å². The van der Waals surface area contributed by atoms with Crippen LogP contribution in [0.5, 0.6) is 0 Å².